The lowest BCUT2D eigenvalue weighted by atomic mass is 9.45. The molecule has 0 heterocycles. The Morgan fingerprint density at radius 3 is 1.91 bits per heavy atom. The summed E-state index contributed by atoms with van der Waals surface area (Å²) in [6.07, 6.45) is 9.06. The van der Waals surface area contributed by atoms with Gasteiger partial charge in [0.1, 0.15) is 0 Å². The largest absolute Gasteiger partial charge is 0.0648 e. The van der Waals surface area contributed by atoms with Gasteiger partial charge in [0.25, 0.3) is 0 Å². The van der Waals surface area contributed by atoms with Crippen LogP contribution in [-0.2, 0) is 0 Å². The topological polar surface area (TPSA) is 0 Å². The fourth-order valence-corrected chi connectivity index (χ4v) is 3.81. The molecule has 11 heavy (non-hydrogen) atoms. The lowest BCUT2D eigenvalue weighted by Crippen LogP contribution is -2.51. The molecule has 3 fully saturated rings. The van der Waals surface area contributed by atoms with Crippen molar-refractivity contribution >= 4 is 0 Å². The Kier molecular flexibility index (Phi) is 1.74. The van der Waals surface area contributed by atoms with Crippen LogP contribution in [0.4, 0.5) is 0 Å². The van der Waals surface area contributed by atoms with Crippen LogP contribution in [0.3, 0.4) is 0 Å². The highest BCUT2D eigenvalue weighted by Gasteiger charge is 2.53. The van der Waals surface area contributed by atoms with Crippen molar-refractivity contribution in [3.05, 3.63) is 0 Å². The van der Waals surface area contributed by atoms with Crippen molar-refractivity contribution in [3.63, 3.8) is 0 Å². The van der Waals surface area contributed by atoms with Crippen molar-refractivity contribution in [1.29, 1.82) is 0 Å². The number of rotatable bonds is 2. The molecule has 0 aromatic heterocycles. The highest BCUT2D eigenvalue weighted by molar-refractivity contribution is 5.03. The van der Waals surface area contributed by atoms with Crippen molar-refractivity contribution in [2.75, 3.05) is 0 Å². The van der Waals surface area contributed by atoms with Crippen molar-refractivity contribution in [2.24, 2.45) is 17.3 Å². The van der Waals surface area contributed by atoms with Gasteiger partial charge in [0, 0.05) is 0 Å². The predicted molar refractivity (Wildman–Crippen MR) is 48.5 cm³/mol. The fourth-order valence-electron chi connectivity index (χ4n) is 3.81. The van der Waals surface area contributed by atoms with E-state index in [0.29, 0.717) is 0 Å². The summed E-state index contributed by atoms with van der Waals surface area (Å²) in [5.41, 5.74) is 0.818. The first-order chi connectivity index (χ1) is 5.33. The van der Waals surface area contributed by atoms with E-state index in [0.717, 1.165) is 17.3 Å². The molecule has 2 bridgehead atoms. The minimum atomic E-state index is 0.818. The molecule has 2 atom stereocenters. The van der Waals surface area contributed by atoms with E-state index in [4.69, 9.17) is 0 Å². The standard InChI is InChI=1S/C11H20/c1-3-11(4-2)9-6-5-7-10(11)8-9/h9-10H,3-8H2,1-2H3. The third-order valence-corrected chi connectivity index (χ3v) is 4.62. The first-order valence-corrected chi connectivity index (χ1v) is 5.33. The molecule has 3 aliphatic carbocycles. The molecule has 0 amide bonds. The van der Waals surface area contributed by atoms with E-state index in [-0.39, 0.29) is 0 Å². The Hall–Kier alpha value is 0. The molecular weight excluding hydrogens is 132 g/mol. The van der Waals surface area contributed by atoms with Gasteiger partial charge in [0.2, 0.25) is 0 Å². The summed E-state index contributed by atoms with van der Waals surface area (Å²) >= 11 is 0. The van der Waals surface area contributed by atoms with Crippen LogP contribution < -0.4 is 0 Å². The second kappa shape index (κ2) is 2.50. The summed E-state index contributed by atoms with van der Waals surface area (Å²) in [4.78, 5) is 0. The van der Waals surface area contributed by atoms with Gasteiger partial charge in [-0.25, -0.2) is 0 Å². The molecule has 3 aliphatic rings. The Bertz CT molecular complexity index is 128. The van der Waals surface area contributed by atoms with Crippen LogP contribution in [0.2, 0.25) is 0 Å². The van der Waals surface area contributed by atoms with Crippen LogP contribution in [0, 0.1) is 17.3 Å². The summed E-state index contributed by atoms with van der Waals surface area (Å²) in [5.74, 6) is 2.24. The highest BCUT2D eigenvalue weighted by atomic mass is 14.6. The molecule has 3 rings (SSSR count). The SMILES string of the molecule is CCC1(CC)C2CCCC1C2. The van der Waals surface area contributed by atoms with E-state index in [1.807, 2.05) is 0 Å². The van der Waals surface area contributed by atoms with E-state index in [1.54, 1.807) is 6.42 Å². The van der Waals surface area contributed by atoms with Crippen LogP contribution in [0.5, 0.6) is 0 Å². The first-order valence-electron chi connectivity index (χ1n) is 5.33. The van der Waals surface area contributed by atoms with Crippen LogP contribution >= 0.6 is 0 Å². The lowest BCUT2D eigenvalue weighted by molar-refractivity contribution is -0.101. The molecule has 0 saturated heterocycles. The first kappa shape index (κ1) is 7.64. The van der Waals surface area contributed by atoms with Gasteiger partial charge in [0.05, 0.1) is 0 Å². The minimum absolute atomic E-state index is 0.818. The van der Waals surface area contributed by atoms with Gasteiger partial charge >= 0.3 is 0 Å². The average molecular weight is 152 g/mol. The summed E-state index contributed by atoms with van der Waals surface area (Å²) in [6, 6.07) is 0. The molecular formula is C11H20. The second-order valence-electron chi connectivity index (χ2n) is 4.50. The summed E-state index contributed by atoms with van der Waals surface area (Å²) < 4.78 is 0. The summed E-state index contributed by atoms with van der Waals surface area (Å²) in [6.45, 7) is 4.79. The molecule has 3 saturated carbocycles. The third-order valence-electron chi connectivity index (χ3n) is 4.62. The van der Waals surface area contributed by atoms with Crippen molar-refractivity contribution in [3.8, 4) is 0 Å². The maximum atomic E-state index is 2.40. The van der Waals surface area contributed by atoms with Crippen molar-refractivity contribution in [1.82, 2.24) is 0 Å². The van der Waals surface area contributed by atoms with Crippen molar-refractivity contribution < 1.29 is 0 Å². The smallest absolute Gasteiger partial charge is 0.0246 e. The minimum Gasteiger partial charge on any atom is -0.0648 e. The van der Waals surface area contributed by atoms with E-state index in [1.165, 1.54) is 32.1 Å². The monoisotopic (exact) mass is 152 g/mol. The van der Waals surface area contributed by atoms with Crippen LogP contribution in [0.15, 0.2) is 0 Å². The summed E-state index contributed by atoms with van der Waals surface area (Å²) in [7, 11) is 0. The van der Waals surface area contributed by atoms with E-state index in [2.05, 4.69) is 13.8 Å². The van der Waals surface area contributed by atoms with Gasteiger partial charge < -0.3 is 0 Å². The molecule has 0 aliphatic heterocycles. The maximum absolute atomic E-state index is 2.40. The molecule has 0 N–H and O–H groups in total. The van der Waals surface area contributed by atoms with E-state index < -0.39 is 0 Å². The highest BCUT2D eigenvalue weighted by Crippen LogP contribution is 2.62. The fraction of sp³-hybridized carbons (Fsp3) is 1.00. The van der Waals surface area contributed by atoms with Crippen LogP contribution in [0.1, 0.15) is 52.4 Å². The molecule has 2 unspecified atom stereocenters. The molecule has 0 nitrogen and oxygen atoms in total. The third kappa shape index (κ3) is 0.816. The van der Waals surface area contributed by atoms with Gasteiger partial charge in [-0.15, -0.1) is 0 Å². The number of hydrogen-bond acceptors (Lipinski definition) is 0. The normalized spacial score (nSPS) is 39.8. The maximum Gasteiger partial charge on any atom is -0.0246 e. The van der Waals surface area contributed by atoms with Gasteiger partial charge in [-0.1, -0.05) is 20.3 Å². The van der Waals surface area contributed by atoms with Gasteiger partial charge in [-0.2, -0.15) is 0 Å². The molecule has 0 radical (unpaired) electrons. The number of fused-ring (bicyclic) bond motifs is 2. The van der Waals surface area contributed by atoms with Gasteiger partial charge in [-0.05, 0) is 49.4 Å². The van der Waals surface area contributed by atoms with Crippen LogP contribution in [0.25, 0.3) is 0 Å². The van der Waals surface area contributed by atoms with E-state index in [9.17, 15) is 0 Å². The van der Waals surface area contributed by atoms with Crippen molar-refractivity contribution in [2.45, 2.75) is 52.4 Å². The quantitative estimate of drug-likeness (QED) is 0.567. The lowest BCUT2D eigenvalue weighted by Gasteiger charge is -2.60. The number of hydrogen-bond donors (Lipinski definition) is 0. The zero-order valence-electron chi connectivity index (χ0n) is 7.90. The second-order valence-corrected chi connectivity index (χ2v) is 4.50. The molecule has 0 aromatic rings. The molecule has 0 heteroatoms. The van der Waals surface area contributed by atoms with Gasteiger partial charge in [0.15, 0.2) is 0 Å². The zero-order valence-corrected chi connectivity index (χ0v) is 7.90. The average Bonchev–Trinajstić information content (AvgIpc) is 2.08. The van der Waals surface area contributed by atoms with E-state index >= 15 is 0 Å². The van der Waals surface area contributed by atoms with Crippen LogP contribution in [-0.4, -0.2) is 0 Å². The Labute approximate surface area is 70.4 Å². The zero-order chi connectivity index (χ0) is 7.90. The predicted octanol–water partition coefficient (Wildman–Crippen LogP) is 3.61. The van der Waals surface area contributed by atoms with Gasteiger partial charge in [-0.3, -0.25) is 0 Å². The molecule has 0 spiro atoms. The summed E-state index contributed by atoms with van der Waals surface area (Å²) in [5, 5.41) is 0. The Morgan fingerprint density at radius 1 is 1.09 bits per heavy atom. The Morgan fingerprint density at radius 2 is 1.64 bits per heavy atom. The Balaban J connectivity index is 2.12. The molecule has 64 valence electrons. The molecule has 0 aromatic carbocycles.